The molecule has 0 aliphatic heterocycles. The van der Waals surface area contributed by atoms with Crippen LogP contribution in [0.3, 0.4) is 0 Å². The highest BCUT2D eigenvalue weighted by Gasteiger charge is 2.36. The van der Waals surface area contributed by atoms with Crippen molar-refractivity contribution in [2.45, 2.75) is 19.3 Å². The molecule has 0 fully saturated rings. The van der Waals surface area contributed by atoms with Crippen LogP contribution in [0.5, 0.6) is 0 Å². The van der Waals surface area contributed by atoms with Crippen LogP contribution in [-0.2, 0) is 5.41 Å². The van der Waals surface area contributed by atoms with Gasteiger partial charge in [-0.15, -0.1) is 0 Å². The Balaban J connectivity index is 1.12. The normalized spacial score (nSPS) is 12.8. The standard InChI is InChI=1S/C57H37N5/c1-57(2)47-24-14-12-22-42(47)44-33-54-45(32-48(44)57)43-23-13-15-25-50(43)62(54)55-30-37(35-58)53(34-49(55)59-3)61-51-29-27-40(60(38-17-6-4-7-18-38)39-19-8-5-9-20-39)31-46(51)56-41-21-11-10-16-36(41)26-28-52(56)61/h4-34H,1-2H3. The minimum absolute atomic E-state index is 0.156. The molecule has 12 rings (SSSR count). The SMILES string of the molecule is [C-]#[N+]c1cc(-n2c3ccc(N(c4ccccc4)c4ccccc4)cc3c3c4ccccc4ccc32)c(C#N)cc1-n1c2ccccc2c2cc3c(cc21)-c1ccccc1C3(C)C. The van der Waals surface area contributed by atoms with Crippen molar-refractivity contribution < 1.29 is 0 Å². The van der Waals surface area contributed by atoms with Crippen LogP contribution >= 0.6 is 0 Å². The molecule has 1 aliphatic carbocycles. The van der Waals surface area contributed by atoms with Crippen LogP contribution in [0.25, 0.3) is 81.7 Å². The van der Waals surface area contributed by atoms with Crippen molar-refractivity contribution in [2.75, 3.05) is 4.90 Å². The highest BCUT2D eigenvalue weighted by atomic mass is 15.1. The maximum absolute atomic E-state index is 11.2. The Morgan fingerprint density at radius 3 is 1.90 bits per heavy atom. The average Bonchev–Trinajstić information content (AvgIpc) is 3.91. The zero-order valence-corrected chi connectivity index (χ0v) is 34.1. The maximum atomic E-state index is 11.2. The van der Waals surface area contributed by atoms with Crippen molar-refractivity contribution in [1.82, 2.24) is 9.13 Å². The molecule has 290 valence electrons. The molecule has 11 aromatic rings. The van der Waals surface area contributed by atoms with E-state index in [-0.39, 0.29) is 5.41 Å². The summed E-state index contributed by atoms with van der Waals surface area (Å²) >= 11 is 0. The number of benzene rings is 9. The molecule has 0 unspecified atom stereocenters. The fourth-order valence-electron chi connectivity index (χ4n) is 10.3. The number of anilines is 3. The summed E-state index contributed by atoms with van der Waals surface area (Å²) in [6.45, 7) is 13.3. The molecule has 62 heavy (non-hydrogen) atoms. The van der Waals surface area contributed by atoms with Gasteiger partial charge in [-0.3, -0.25) is 0 Å². The van der Waals surface area contributed by atoms with Gasteiger partial charge in [0.2, 0.25) is 5.69 Å². The van der Waals surface area contributed by atoms with Gasteiger partial charge in [-0.05, 0) is 112 Å². The maximum Gasteiger partial charge on any atom is 0.212 e. The summed E-state index contributed by atoms with van der Waals surface area (Å²) in [5, 5.41) is 17.8. The zero-order chi connectivity index (χ0) is 41.7. The van der Waals surface area contributed by atoms with E-state index in [4.69, 9.17) is 6.57 Å². The number of hydrogen-bond donors (Lipinski definition) is 0. The Kier molecular flexibility index (Phi) is 7.64. The van der Waals surface area contributed by atoms with E-state index in [2.05, 4.69) is 203 Å². The fraction of sp³-hybridized carbons (Fsp3) is 0.0526. The minimum atomic E-state index is -0.156. The molecule has 2 aromatic heterocycles. The van der Waals surface area contributed by atoms with E-state index in [1.165, 1.54) is 22.3 Å². The van der Waals surface area contributed by atoms with Gasteiger partial charge in [-0.2, -0.15) is 5.26 Å². The van der Waals surface area contributed by atoms with Gasteiger partial charge in [0.15, 0.2) is 0 Å². The van der Waals surface area contributed by atoms with Crippen molar-refractivity contribution in [3.05, 3.63) is 216 Å². The number of aromatic nitrogens is 2. The largest absolute Gasteiger partial charge is 0.319 e. The second-order valence-corrected chi connectivity index (χ2v) is 16.7. The zero-order valence-electron chi connectivity index (χ0n) is 34.1. The lowest BCUT2D eigenvalue weighted by Gasteiger charge is -2.25. The predicted octanol–water partition coefficient (Wildman–Crippen LogP) is 15.2. The van der Waals surface area contributed by atoms with E-state index in [1.807, 2.05) is 24.3 Å². The molecule has 5 heteroatoms. The third-order valence-corrected chi connectivity index (χ3v) is 13.1. The summed E-state index contributed by atoms with van der Waals surface area (Å²) in [7, 11) is 0. The molecule has 0 saturated heterocycles. The number of hydrogen-bond acceptors (Lipinski definition) is 2. The van der Waals surface area contributed by atoms with Crippen molar-refractivity contribution in [3.8, 4) is 28.6 Å². The molecule has 9 aromatic carbocycles. The second kappa shape index (κ2) is 13.3. The molecular formula is C57H37N5. The van der Waals surface area contributed by atoms with Crippen LogP contribution in [0, 0.1) is 17.9 Å². The number of nitrogens with zero attached hydrogens (tertiary/aromatic N) is 5. The first-order valence-electron chi connectivity index (χ1n) is 20.9. The van der Waals surface area contributed by atoms with E-state index >= 15 is 0 Å². The molecule has 0 bridgehead atoms. The van der Waals surface area contributed by atoms with Gasteiger partial charge in [0.05, 0.1) is 45.6 Å². The monoisotopic (exact) mass is 791 g/mol. The summed E-state index contributed by atoms with van der Waals surface area (Å²) < 4.78 is 4.38. The van der Waals surface area contributed by atoms with E-state index in [0.717, 1.165) is 71.4 Å². The van der Waals surface area contributed by atoms with Crippen LogP contribution < -0.4 is 4.90 Å². The van der Waals surface area contributed by atoms with Gasteiger partial charge in [-0.25, -0.2) is 4.85 Å². The highest BCUT2D eigenvalue weighted by molar-refractivity contribution is 6.22. The molecule has 1 aliphatic rings. The first-order chi connectivity index (χ1) is 30.4. The number of para-hydroxylation sites is 3. The van der Waals surface area contributed by atoms with Gasteiger partial charge in [0, 0.05) is 44.0 Å². The minimum Gasteiger partial charge on any atom is -0.319 e. The Morgan fingerprint density at radius 1 is 0.500 bits per heavy atom. The second-order valence-electron chi connectivity index (χ2n) is 16.7. The van der Waals surface area contributed by atoms with Crippen LogP contribution in [-0.4, -0.2) is 9.13 Å². The topological polar surface area (TPSA) is 41.2 Å². The van der Waals surface area contributed by atoms with Gasteiger partial charge in [0.25, 0.3) is 0 Å². The first-order valence-corrected chi connectivity index (χ1v) is 20.9. The summed E-state index contributed by atoms with van der Waals surface area (Å²) in [5.41, 5.74) is 14.3. The highest BCUT2D eigenvalue weighted by Crippen LogP contribution is 2.52. The van der Waals surface area contributed by atoms with Gasteiger partial charge < -0.3 is 14.0 Å². The van der Waals surface area contributed by atoms with Crippen LogP contribution in [0.2, 0.25) is 0 Å². The lowest BCUT2D eigenvalue weighted by Crippen LogP contribution is -2.14. The Hall–Kier alpha value is -8.38. The Bertz CT molecular complexity index is 3700. The third-order valence-electron chi connectivity index (χ3n) is 13.1. The molecule has 0 spiro atoms. The Morgan fingerprint density at radius 2 is 1.15 bits per heavy atom. The summed E-state index contributed by atoms with van der Waals surface area (Å²) in [6.07, 6.45) is 0. The van der Waals surface area contributed by atoms with Crippen molar-refractivity contribution in [1.29, 1.82) is 5.26 Å². The van der Waals surface area contributed by atoms with Gasteiger partial charge in [0.1, 0.15) is 6.07 Å². The molecule has 0 saturated carbocycles. The van der Waals surface area contributed by atoms with Crippen LogP contribution in [0.4, 0.5) is 22.7 Å². The first kappa shape index (κ1) is 35.6. The van der Waals surface area contributed by atoms with Gasteiger partial charge >= 0.3 is 0 Å². The number of nitriles is 1. The smallest absolute Gasteiger partial charge is 0.212 e. The van der Waals surface area contributed by atoms with Crippen molar-refractivity contribution >= 4 is 77.1 Å². The molecule has 0 atom stereocenters. The number of rotatable bonds is 5. The quantitative estimate of drug-likeness (QED) is 0.163. The molecule has 0 N–H and O–H groups in total. The predicted molar refractivity (Wildman–Crippen MR) is 256 cm³/mol. The van der Waals surface area contributed by atoms with Gasteiger partial charge in [-0.1, -0.05) is 123 Å². The molecule has 0 amide bonds. The summed E-state index contributed by atoms with van der Waals surface area (Å²) in [4.78, 5) is 6.51. The lowest BCUT2D eigenvalue weighted by atomic mass is 9.82. The molecule has 5 nitrogen and oxygen atoms in total. The third kappa shape index (κ3) is 5.00. The van der Waals surface area contributed by atoms with E-state index in [1.54, 1.807) is 0 Å². The number of fused-ring (bicyclic) bond motifs is 11. The van der Waals surface area contributed by atoms with Crippen molar-refractivity contribution in [2.24, 2.45) is 0 Å². The molecule has 2 heterocycles. The summed E-state index contributed by atoms with van der Waals surface area (Å²) in [6, 6.07) is 68.5. The molecular weight excluding hydrogens is 755 g/mol. The average molecular weight is 792 g/mol. The van der Waals surface area contributed by atoms with Crippen LogP contribution in [0.1, 0.15) is 30.5 Å². The van der Waals surface area contributed by atoms with Crippen LogP contribution in [0.15, 0.2) is 188 Å². The fourth-order valence-corrected chi connectivity index (χ4v) is 10.3. The molecule has 0 radical (unpaired) electrons. The van der Waals surface area contributed by atoms with Crippen molar-refractivity contribution in [3.63, 3.8) is 0 Å². The van der Waals surface area contributed by atoms with E-state index in [9.17, 15) is 5.26 Å². The Labute approximate surface area is 359 Å². The van der Waals surface area contributed by atoms with E-state index in [0.29, 0.717) is 22.6 Å². The van der Waals surface area contributed by atoms with E-state index < -0.39 is 0 Å². The lowest BCUT2D eigenvalue weighted by molar-refractivity contribution is 0.661. The summed E-state index contributed by atoms with van der Waals surface area (Å²) in [5.74, 6) is 0.